The highest BCUT2D eigenvalue weighted by Crippen LogP contribution is 2.11. The van der Waals surface area contributed by atoms with Crippen LogP contribution in [0.2, 0.25) is 0 Å². The number of thiazole rings is 1. The van der Waals surface area contributed by atoms with Crippen molar-refractivity contribution in [2.24, 2.45) is 0 Å². The fraction of sp³-hybridized carbons (Fsp3) is 0.143. The summed E-state index contributed by atoms with van der Waals surface area (Å²) in [5.41, 5.74) is 1.44. The lowest BCUT2D eigenvalue weighted by atomic mass is 10.3. The van der Waals surface area contributed by atoms with Crippen molar-refractivity contribution in [2.45, 2.75) is 0 Å². The second kappa shape index (κ2) is 4.10. The second-order valence-corrected chi connectivity index (χ2v) is 2.89. The molecule has 0 unspecified atom stereocenters. The second-order valence-electron chi connectivity index (χ2n) is 1.77. The predicted octanol–water partition coefficient (Wildman–Crippen LogP) is 1.43. The van der Waals surface area contributed by atoms with E-state index in [9.17, 15) is 4.79 Å². The van der Waals surface area contributed by atoms with Crippen LogP contribution in [0.3, 0.4) is 0 Å². The van der Waals surface area contributed by atoms with E-state index in [0.29, 0.717) is 4.88 Å². The van der Waals surface area contributed by atoms with E-state index in [1.165, 1.54) is 16.8 Å². The molecule has 12 heavy (non-hydrogen) atoms. The molecule has 1 N–H and O–H groups in total. The number of halogens is 1. The van der Waals surface area contributed by atoms with Gasteiger partial charge in [-0.25, -0.2) is 9.78 Å². The Labute approximate surface area is 78.0 Å². The van der Waals surface area contributed by atoms with E-state index in [4.69, 9.17) is 16.7 Å². The number of carbonyl (C=O) groups is 1. The zero-order chi connectivity index (χ0) is 8.97. The summed E-state index contributed by atoms with van der Waals surface area (Å²) in [6.07, 6.45) is 0. The van der Waals surface area contributed by atoms with Gasteiger partial charge in [-0.2, -0.15) is 0 Å². The molecular weight excluding hydrogens is 198 g/mol. The normalized spacial score (nSPS) is 8.75. The first-order valence-corrected chi connectivity index (χ1v) is 4.38. The number of carboxylic acids is 1. The van der Waals surface area contributed by atoms with Crippen molar-refractivity contribution >= 4 is 28.9 Å². The van der Waals surface area contributed by atoms with Crippen LogP contribution in [0.4, 0.5) is 0 Å². The molecule has 0 aliphatic rings. The highest BCUT2D eigenvalue weighted by Gasteiger charge is 2.10. The van der Waals surface area contributed by atoms with Gasteiger partial charge in [0.1, 0.15) is 4.88 Å². The van der Waals surface area contributed by atoms with Crippen LogP contribution in [-0.4, -0.2) is 21.9 Å². The van der Waals surface area contributed by atoms with Gasteiger partial charge >= 0.3 is 5.97 Å². The number of aromatic carboxylic acids is 1. The number of hydrogen-bond donors (Lipinski definition) is 1. The molecule has 0 fully saturated rings. The first kappa shape index (κ1) is 9.04. The van der Waals surface area contributed by atoms with E-state index in [1.54, 1.807) is 0 Å². The Morgan fingerprint density at radius 1 is 1.83 bits per heavy atom. The smallest absolute Gasteiger partial charge is 0.356 e. The van der Waals surface area contributed by atoms with Gasteiger partial charge in [-0.15, -0.1) is 22.9 Å². The third-order valence-electron chi connectivity index (χ3n) is 1.04. The zero-order valence-electron chi connectivity index (χ0n) is 5.87. The van der Waals surface area contributed by atoms with Crippen LogP contribution in [0.5, 0.6) is 0 Å². The van der Waals surface area contributed by atoms with E-state index >= 15 is 0 Å². The minimum Gasteiger partial charge on any atom is -0.476 e. The van der Waals surface area contributed by atoms with Crippen LogP contribution < -0.4 is 0 Å². The number of nitrogens with zero attached hydrogens (tertiary/aromatic N) is 1. The van der Waals surface area contributed by atoms with Gasteiger partial charge in [0.15, 0.2) is 5.69 Å². The van der Waals surface area contributed by atoms with Crippen molar-refractivity contribution in [3.05, 3.63) is 16.1 Å². The van der Waals surface area contributed by atoms with Crippen LogP contribution in [0, 0.1) is 11.8 Å². The van der Waals surface area contributed by atoms with Gasteiger partial charge in [0.25, 0.3) is 0 Å². The minimum atomic E-state index is -1.06. The van der Waals surface area contributed by atoms with E-state index in [2.05, 4.69) is 16.8 Å². The summed E-state index contributed by atoms with van der Waals surface area (Å²) in [5, 5.41) is 8.60. The molecule has 0 aromatic carbocycles. The fourth-order valence-electron chi connectivity index (χ4n) is 0.601. The van der Waals surface area contributed by atoms with Gasteiger partial charge in [0.05, 0.1) is 11.4 Å². The summed E-state index contributed by atoms with van der Waals surface area (Å²) < 4.78 is 0. The summed E-state index contributed by atoms with van der Waals surface area (Å²) >= 11 is 6.51. The maximum absolute atomic E-state index is 10.5. The standard InChI is InChI=1S/C7H4ClNO2S/c8-3-1-2-5-6(7(10)11)9-4-12-5/h4H,3H2,(H,10,11). The predicted molar refractivity (Wildman–Crippen MR) is 46.7 cm³/mol. The molecule has 0 atom stereocenters. The van der Waals surface area contributed by atoms with Crippen molar-refractivity contribution in [2.75, 3.05) is 5.88 Å². The van der Waals surface area contributed by atoms with Gasteiger partial charge in [0.2, 0.25) is 0 Å². The van der Waals surface area contributed by atoms with Crippen molar-refractivity contribution in [3.8, 4) is 11.8 Å². The Morgan fingerprint density at radius 3 is 3.17 bits per heavy atom. The molecule has 1 aromatic rings. The topological polar surface area (TPSA) is 50.2 Å². The number of hydrogen-bond acceptors (Lipinski definition) is 3. The molecule has 0 radical (unpaired) electrons. The minimum absolute atomic E-state index is 0.00221. The molecule has 5 heteroatoms. The lowest BCUT2D eigenvalue weighted by Gasteiger charge is -1.85. The molecule has 0 saturated carbocycles. The molecule has 0 aliphatic carbocycles. The first-order valence-electron chi connectivity index (χ1n) is 2.97. The van der Waals surface area contributed by atoms with E-state index in [1.807, 2.05) is 0 Å². The number of aromatic nitrogens is 1. The molecule has 1 aromatic heterocycles. The Hall–Kier alpha value is -1.05. The quantitative estimate of drug-likeness (QED) is 0.553. The van der Waals surface area contributed by atoms with E-state index in [-0.39, 0.29) is 11.6 Å². The van der Waals surface area contributed by atoms with Gasteiger partial charge < -0.3 is 5.11 Å². The van der Waals surface area contributed by atoms with Crippen LogP contribution in [0.15, 0.2) is 5.51 Å². The fourth-order valence-corrected chi connectivity index (χ4v) is 1.31. The monoisotopic (exact) mass is 201 g/mol. The van der Waals surface area contributed by atoms with Gasteiger partial charge in [-0.1, -0.05) is 11.8 Å². The lowest BCUT2D eigenvalue weighted by molar-refractivity contribution is 0.0691. The molecule has 0 spiro atoms. The van der Waals surface area contributed by atoms with Crippen molar-refractivity contribution < 1.29 is 9.90 Å². The van der Waals surface area contributed by atoms with Crippen molar-refractivity contribution in [1.29, 1.82) is 0 Å². The molecule has 1 heterocycles. The molecule has 3 nitrogen and oxygen atoms in total. The molecule has 62 valence electrons. The van der Waals surface area contributed by atoms with Crippen LogP contribution in [-0.2, 0) is 0 Å². The summed E-state index contributed by atoms with van der Waals surface area (Å²) in [5.74, 6) is 4.32. The van der Waals surface area contributed by atoms with Gasteiger partial charge in [-0.3, -0.25) is 0 Å². The van der Waals surface area contributed by atoms with Crippen molar-refractivity contribution in [1.82, 2.24) is 4.98 Å². The maximum Gasteiger partial charge on any atom is 0.356 e. The Kier molecular flexibility index (Phi) is 3.09. The SMILES string of the molecule is O=C(O)c1ncsc1C#CCCl. The van der Waals surface area contributed by atoms with E-state index in [0.717, 1.165) is 0 Å². The highest BCUT2D eigenvalue weighted by molar-refractivity contribution is 7.10. The number of carboxylic acid groups (broad SMARTS) is 1. The Bertz CT molecular complexity index is 350. The summed E-state index contributed by atoms with van der Waals surface area (Å²) in [6.45, 7) is 0. The lowest BCUT2D eigenvalue weighted by Crippen LogP contribution is -1.98. The van der Waals surface area contributed by atoms with Crippen molar-refractivity contribution in [3.63, 3.8) is 0 Å². The molecule has 0 aliphatic heterocycles. The van der Waals surface area contributed by atoms with Gasteiger partial charge in [0, 0.05) is 0 Å². The van der Waals surface area contributed by atoms with Crippen LogP contribution in [0.25, 0.3) is 0 Å². The maximum atomic E-state index is 10.5. The highest BCUT2D eigenvalue weighted by atomic mass is 35.5. The molecule has 0 saturated heterocycles. The largest absolute Gasteiger partial charge is 0.476 e. The third kappa shape index (κ3) is 1.97. The van der Waals surface area contributed by atoms with E-state index < -0.39 is 5.97 Å². The molecule has 0 bridgehead atoms. The summed E-state index contributed by atoms with van der Waals surface area (Å²) in [7, 11) is 0. The zero-order valence-corrected chi connectivity index (χ0v) is 7.45. The number of rotatable bonds is 1. The van der Waals surface area contributed by atoms with Crippen LogP contribution in [0.1, 0.15) is 15.4 Å². The van der Waals surface area contributed by atoms with Gasteiger partial charge in [-0.05, 0) is 0 Å². The molecular formula is C7H4ClNO2S. The average Bonchev–Trinajstić information content (AvgIpc) is 2.48. The molecule has 0 amide bonds. The Balaban J connectivity index is 2.99. The number of alkyl halides is 1. The summed E-state index contributed by atoms with van der Waals surface area (Å²) in [4.78, 5) is 14.6. The average molecular weight is 202 g/mol. The van der Waals surface area contributed by atoms with Crippen LogP contribution >= 0.6 is 22.9 Å². The third-order valence-corrected chi connectivity index (χ3v) is 1.91. The molecule has 1 rings (SSSR count). The first-order chi connectivity index (χ1) is 5.75. The summed E-state index contributed by atoms with van der Waals surface area (Å²) in [6, 6.07) is 0. The Morgan fingerprint density at radius 2 is 2.58 bits per heavy atom.